The molecule has 0 unspecified atom stereocenters. The van der Waals surface area contributed by atoms with Gasteiger partial charge in [0.25, 0.3) is 0 Å². The Labute approximate surface area is 149 Å². The van der Waals surface area contributed by atoms with E-state index in [9.17, 15) is 0 Å². The van der Waals surface area contributed by atoms with Crippen LogP contribution >= 0.6 is 0 Å². The fraction of sp³-hybridized carbons (Fsp3) is 0.478. The SMILES string of the molecule is CCCN(C)CCC.CCCc1ccccc1-c1ccccc1C. The van der Waals surface area contributed by atoms with Gasteiger partial charge in [0.2, 0.25) is 0 Å². The maximum absolute atomic E-state index is 2.36. The van der Waals surface area contributed by atoms with Gasteiger partial charge in [-0.15, -0.1) is 0 Å². The highest BCUT2D eigenvalue weighted by Crippen LogP contribution is 2.27. The van der Waals surface area contributed by atoms with Crippen LogP contribution in [0.15, 0.2) is 48.5 Å². The van der Waals surface area contributed by atoms with Gasteiger partial charge >= 0.3 is 0 Å². The molecular formula is C23H35N. The molecule has 1 nitrogen and oxygen atoms in total. The van der Waals surface area contributed by atoms with Gasteiger partial charge in [-0.05, 0) is 68.6 Å². The first-order valence-corrected chi connectivity index (χ1v) is 9.46. The highest BCUT2D eigenvalue weighted by Gasteiger charge is 2.05. The third-order valence-electron chi connectivity index (χ3n) is 4.18. The minimum absolute atomic E-state index is 1.16. The Morgan fingerprint density at radius 3 is 1.79 bits per heavy atom. The summed E-state index contributed by atoms with van der Waals surface area (Å²) < 4.78 is 0. The molecule has 0 radical (unpaired) electrons. The van der Waals surface area contributed by atoms with Crippen LogP contribution in [0, 0.1) is 6.92 Å². The molecule has 24 heavy (non-hydrogen) atoms. The second-order valence-corrected chi connectivity index (χ2v) is 6.53. The summed E-state index contributed by atoms with van der Waals surface area (Å²) >= 11 is 0. The Bertz CT molecular complexity index is 568. The van der Waals surface area contributed by atoms with Crippen LogP contribution in [0.5, 0.6) is 0 Å². The van der Waals surface area contributed by atoms with Gasteiger partial charge in [0.15, 0.2) is 0 Å². The average molecular weight is 326 g/mol. The van der Waals surface area contributed by atoms with Crippen LogP contribution in [-0.4, -0.2) is 25.0 Å². The predicted molar refractivity (Wildman–Crippen MR) is 109 cm³/mol. The lowest BCUT2D eigenvalue weighted by Gasteiger charge is -2.12. The molecule has 0 aliphatic rings. The molecule has 0 heterocycles. The first kappa shape index (κ1) is 20.4. The van der Waals surface area contributed by atoms with Crippen molar-refractivity contribution >= 4 is 0 Å². The van der Waals surface area contributed by atoms with Crippen LogP contribution in [0.25, 0.3) is 11.1 Å². The second-order valence-electron chi connectivity index (χ2n) is 6.53. The van der Waals surface area contributed by atoms with Crippen LogP contribution in [0.3, 0.4) is 0 Å². The van der Waals surface area contributed by atoms with Gasteiger partial charge in [-0.1, -0.05) is 75.7 Å². The van der Waals surface area contributed by atoms with Crippen LogP contribution in [0.1, 0.15) is 51.2 Å². The summed E-state index contributed by atoms with van der Waals surface area (Å²) in [5.74, 6) is 0. The first-order valence-electron chi connectivity index (χ1n) is 9.46. The number of benzene rings is 2. The van der Waals surface area contributed by atoms with Gasteiger partial charge < -0.3 is 4.90 Å². The molecule has 0 aliphatic carbocycles. The molecular weight excluding hydrogens is 290 g/mol. The number of nitrogens with zero attached hydrogens (tertiary/aromatic N) is 1. The van der Waals surface area contributed by atoms with Crippen molar-refractivity contribution in [2.24, 2.45) is 0 Å². The van der Waals surface area contributed by atoms with E-state index in [1.54, 1.807) is 0 Å². The van der Waals surface area contributed by atoms with E-state index in [1.807, 2.05) is 0 Å². The van der Waals surface area contributed by atoms with Crippen molar-refractivity contribution < 1.29 is 0 Å². The van der Waals surface area contributed by atoms with Crippen LogP contribution in [0.4, 0.5) is 0 Å². The maximum Gasteiger partial charge on any atom is -0.00244 e. The lowest BCUT2D eigenvalue weighted by atomic mass is 9.94. The van der Waals surface area contributed by atoms with Crippen molar-refractivity contribution in [3.05, 3.63) is 59.7 Å². The van der Waals surface area contributed by atoms with Crippen molar-refractivity contribution in [2.75, 3.05) is 20.1 Å². The van der Waals surface area contributed by atoms with E-state index in [0.717, 1.165) is 6.42 Å². The number of aryl methyl sites for hydroxylation is 2. The lowest BCUT2D eigenvalue weighted by molar-refractivity contribution is 0.335. The monoisotopic (exact) mass is 325 g/mol. The van der Waals surface area contributed by atoms with Crippen molar-refractivity contribution in [3.63, 3.8) is 0 Å². The van der Waals surface area contributed by atoms with Gasteiger partial charge in [-0.3, -0.25) is 0 Å². The van der Waals surface area contributed by atoms with Gasteiger partial charge in [-0.2, -0.15) is 0 Å². The maximum atomic E-state index is 2.36. The summed E-state index contributed by atoms with van der Waals surface area (Å²) in [6.07, 6.45) is 4.90. The summed E-state index contributed by atoms with van der Waals surface area (Å²) in [5.41, 5.74) is 5.57. The lowest BCUT2D eigenvalue weighted by Crippen LogP contribution is -2.19. The molecule has 0 bridgehead atoms. The molecule has 0 N–H and O–H groups in total. The molecule has 0 atom stereocenters. The molecule has 2 rings (SSSR count). The zero-order chi connectivity index (χ0) is 17.8. The minimum atomic E-state index is 1.16. The van der Waals surface area contributed by atoms with Gasteiger partial charge in [0, 0.05) is 0 Å². The highest BCUT2D eigenvalue weighted by atomic mass is 15.1. The predicted octanol–water partition coefficient (Wildman–Crippen LogP) is 6.35. The molecule has 2 aromatic rings. The van der Waals surface area contributed by atoms with Gasteiger partial charge in [-0.25, -0.2) is 0 Å². The highest BCUT2D eigenvalue weighted by molar-refractivity contribution is 5.70. The Morgan fingerprint density at radius 2 is 1.25 bits per heavy atom. The van der Waals surface area contributed by atoms with Crippen LogP contribution in [0.2, 0.25) is 0 Å². The molecule has 0 saturated carbocycles. The summed E-state index contributed by atoms with van der Waals surface area (Å²) in [5, 5.41) is 0. The van der Waals surface area contributed by atoms with Crippen LogP contribution in [-0.2, 0) is 6.42 Å². The molecule has 2 aromatic carbocycles. The minimum Gasteiger partial charge on any atom is -0.306 e. The fourth-order valence-corrected chi connectivity index (χ4v) is 3.02. The zero-order valence-electron chi connectivity index (χ0n) is 16.3. The molecule has 0 fully saturated rings. The normalized spacial score (nSPS) is 10.4. The Balaban J connectivity index is 0.000000307. The first-order chi connectivity index (χ1) is 11.6. The zero-order valence-corrected chi connectivity index (χ0v) is 16.3. The molecule has 0 spiro atoms. The molecule has 0 aliphatic heterocycles. The number of hydrogen-bond donors (Lipinski definition) is 0. The smallest absolute Gasteiger partial charge is 0.00244 e. The van der Waals surface area contributed by atoms with E-state index in [0.29, 0.717) is 0 Å². The van der Waals surface area contributed by atoms with E-state index < -0.39 is 0 Å². The quantitative estimate of drug-likeness (QED) is 0.573. The average Bonchev–Trinajstić information content (AvgIpc) is 2.57. The largest absolute Gasteiger partial charge is 0.306 e. The Morgan fingerprint density at radius 1 is 0.708 bits per heavy atom. The van der Waals surface area contributed by atoms with Crippen molar-refractivity contribution in [2.45, 2.75) is 53.4 Å². The summed E-state index contributed by atoms with van der Waals surface area (Å²) in [6, 6.07) is 17.3. The molecule has 0 amide bonds. The number of hydrogen-bond acceptors (Lipinski definition) is 1. The van der Waals surface area contributed by atoms with E-state index in [2.05, 4.69) is 88.2 Å². The fourth-order valence-electron chi connectivity index (χ4n) is 3.02. The van der Waals surface area contributed by atoms with E-state index in [-0.39, 0.29) is 0 Å². The summed E-state index contributed by atoms with van der Waals surface area (Å²) in [6.45, 7) is 11.3. The standard InChI is InChI=1S/C16H18.C7H17N/c1-3-8-14-10-5-7-12-16(14)15-11-6-4-9-13(15)2;1-4-6-8(3)7-5-2/h4-7,9-12H,3,8H2,1-2H3;4-7H2,1-3H3. The van der Waals surface area contributed by atoms with E-state index in [4.69, 9.17) is 0 Å². The van der Waals surface area contributed by atoms with Gasteiger partial charge in [0.1, 0.15) is 0 Å². The summed E-state index contributed by atoms with van der Waals surface area (Å²) in [7, 11) is 2.17. The van der Waals surface area contributed by atoms with E-state index >= 15 is 0 Å². The van der Waals surface area contributed by atoms with Crippen molar-refractivity contribution in [1.82, 2.24) is 4.90 Å². The Kier molecular flexibility index (Phi) is 10.1. The van der Waals surface area contributed by atoms with E-state index in [1.165, 1.54) is 54.6 Å². The molecule has 0 aromatic heterocycles. The number of rotatable bonds is 7. The molecule has 1 heteroatoms. The third kappa shape index (κ3) is 6.88. The summed E-state index contributed by atoms with van der Waals surface area (Å²) in [4.78, 5) is 2.36. The van der Waals surface area contributed by atoms with Crippen molar-refractivity contribution in [3.8, 4) is 11.1 Å². The van der Waals surface area contributed by atoms with Crippen molar-refractivity contribution in [1.29, 1.82) is 0 Å². The van der Waals surface area contributed by atoms with Gasteiger partial charge in [0.05, 0.1) is 0 Å². The molecule has 0 saturated heterocycles. The molecule has 132 valence electrons. The second kappa shape index (κ2) is 11.9. The topological polar surface area (TPSA) is 3.24 Å². The Hall–Kier alpha value is -1.60. The third-order valence-corrected chi connectivity index (χ3v) is 4.18. The van der Waals surface area contributed by atoms with Crippen LogP contribution < -0.4 is 0 Å².